The Morgan fingerprint density at radius 2 is 1.94 bits per heavy atom. The van der Waals surface area contributed by atoms with E-state index in [-0.39, 0.29) is 0 Å². The van der Waals surface area contributed by atoms with Crippen molar-refractivity contribution in [3.63, 3.8) is 0 Å². The second-order valence-corrected chi connectivity index (χ2v) is 5.09. The Bertz CT molecular complexity index is 481. The molecule has 0 bridgehead atoms. The number of nitrogens with one attached hydrogen (secondary N) is 1. The predicted molar refractivity (Wildman–Crippen MR) is 77.2 cm³/mol. The smallest absolute Gasteiger partial charge is 0.202 e. The summed E-state index contributed by atoms with van der Waals surface area (Å²) in [5.41, 5.74) is 2.36. The van der Waals surface area contributed by atoms with Crippen LogP contribution in [0.2, 0.25) is 0 Å². The number of alkyl halides is 1. The van der Waals surface area contributed by atoms with Gasteiger partial charge >= 0.3 is 0 Å². The molecule has 0 aliphatic rings. The number of benzene rings is 1. The highest BCUT2D eigenvalue weighted by atomic mass is 35.5. The highest BCUT2D eigenvalue weighted by Gasteiger charge is 2.02. The van der Waals surface area contributed by atoms with Gasteiger partial charge in [0.05, 0.1) is 0 Å². The van der Waals surface area contributed by atoms with Crippen molar-refractivity contribution in [3.05, 3.63) is 41.2 Å². The molecule has 2 aromatic rings. The van der Waals surface area contributed by atoms with E-state index in [2.05, 4.69) is 33.7 Å². The number of aromatic nitrogens is 2. The molecule has 0 amide bonds. The van der Waals surface area contributed by atoms with E-state index in [1.807, 2.05) is 12.1 Å². The monoisotopic (exact) mass is 281 g/mol. The Kier molecular flexibility index (Phi) is 4.96. The van der Waals surface area contributed by atoms with Crippen molar-refractivity contribution in [2.75, 3.05) is 5.32 Å². The van der Waals surface area contributed by atoms with E-state index in [0.717, 1.165) is 35.9 Å². The minimum Gasteiger partial charge on any atom is -0.356 e. The van der Waals surface area contributed by atoms with Crippen molar-refractivity contribution in [1.82, 2.24) is 9.36 Å². The highest BCUT2D eigenvalue weighted by molar-refractivity contribution is 7.09. The number of rotatable bonds is 6. The van der Waals surface area contributed by atoms with Gasteiger partial charge in [-0.3, -0.25) is 0 Å². The summed E-state index contributed by atoms with van der Waals surface area (Å²) in [6.07, 6.45) is 2.03. The minimum atomic E-state index is 0.560. The number of anilines is 1. The molecule has 0 aliphatic carbocycles. The van der Waals surface area contributed by atoms with Crippen molar-refractivity contribution < 1.29 is 0 Å². The van der Waals surface area contributed by atoms with Crippen LogP contribution < -0.4 is 5.32 Å². The van der Waals surface area contributed by atoms with E-state index >= 15 is 0 Å². The van der Waals surface area contributed by atoms with Crippen LogP contribution in [0.4, 0.5) is 5.13 Å². The van der Waals surface area contributed by atoms with E-state index in [1.165, 1.54) is 17.1 Å². The number of nitrogens with zero attached hydrogens (tertiary/aromatic N) is 2. The van der Waals surface area contributed by atoms with Crippen LogP contribution in [-0.4, -0.2) is 9.36 Å². The third-order valence-electron chi connectivity index (χ3n) is 2.56. The molecule has 0 unspecified atom stereocenters. The maximum absolute atomic E-state index is 5.75. The van der Waals surface area contributed by atoms with E-state index < -0.39 is 0 Å². The largest absolute Gasteiger partial charge is 0.356 e. The summed E-state index contributed by atoms with van der Waals surface area (Å²) in [5, 5.41) is 4.18. The molecule has 96 valence electrons. The number of halogens is 1. The fourth-order valence-electron chi connectivity index (χ4n) is 1.57. The maximum atomic E-state index is 5.75. The van der Waals surface area contributed by atoms with Crippen LogP contribution in [0.25, 0.3) is 0 Å². The van der Waals surface area contributed by atoms with Crippen molar-refractivity contribution >= 4 is 28.3 Å². The summed E-state index contributed by atoms with van der Waals surface area (Å²) >= 11 is 7.18. The molecular formula is C13H16ClN3S. The maximum Gasteiger partial charge on any atom is 0.202 e. The average molecular weight is 282 g/mol. The number of aryl methyl sites for hydroxylation is 1. The number of hydrogen-bond donors (Lipinski definition) is 1. The van der Waals surface area contributed by atoms with Gasteiger partial charge in [0.25, 0.3) is 0 Å². The van der Waals surface area contributed by atoms with Gasteiger partial charge < -0.3 is 5.32 Å². The molecule has 1 N–H and O–H groups in total. The Balaban J connectivity index is 1.89. The van der Waals surface area contributed by atoms with Crippen LogP contribution >= 0.6 is 23.1 Å². The van der Waals surface area contributed by atoms with E-state index in [1.54, 1.807) is 0 Å². The molecule has 1 aromatic carbocycles. The summed E-state index contributed by atoms with van der Waals surface area (Å²) in [6, 6.07) is 8.26. The molecule has 1 aromatic heterocycles. The lowest BCUT2D eigenvalue weighted by Gasteiger charge is -2.03. The van der Waals surface area contributed by atoms with Crippen molar-refractivity contribution in [2.24, 2.45) is 0 Å². The molecule has 1 heterocycles. The lowest BCUT2D eigenvalue weighted by Crippen LogP contribution is -1.99. The third kappa shape index (κ3) is 3.68. The van der Waals surface area contributed by atoms with Gasteiger partial charge in [0, 0.05) is 30.4 Å². The normalized spacial score (nSPS) is 10.6. The summed E-state index contributed by atoms with van der Waals surface area (Å²) < 4.78 is 4.30. The van der Waals surface area contributed by atoms with Crippen LogP contribution in [0.5, 0.6) is 0 Å². The quantitative estimate of drug-likeness (QED) is 0.818. The van der Waals surface area contributed by atoms with Gasteiger partial charge in [-0.2, -0.15) is 4.37 Å². The van der Waals surface area contributed by atoms with Crippen LogP contribution in [0.1, 0.15) is 30.3 Å². The fraction of sp³-hybridized carbons (Fsp3) is 0.385. The molecule has 2 rings (SSSR count). The standard InChI is InChI=1S/C13H16ClN3S/c1-2-3-12-16-13(18-17-12)15-9-11-6-4-10(8-14)5-7-11/h4-7H,2-3,8-9H2,1H3,(H,15,16,17). The Morgan fingerprint density at radius 1 is 1.22 bits per heavy atom. The van der Waals surface area contributed by atoms with Crippen LogP contribution in [0.15, 0.2) is 24.3 Å². The Labute approximate surface area is 116 Å². The molecular weight excluding hydrogens is 266 g/mol. The summed E-state index contributed by atoms with van der Waals surface area (Å²) in [4.78, 5) is 4.42. The van der Waals surface area contributed by atoms with Crippen molar-refractivity contribution in [3.8, 4) is 0 Å². The zero-order valence-corrected chi connectivity index (χ0v) is 11.9. The number of hydrogen-bond acceptors (Lipinski definition) is 4. The lowest BCUT2D eigenvalue weighted by atomic mass is 10.1. The molecule has 0 atom stereocenters. The highest BCUT2D eigenvalue weighted by Crippen LogP contribution is 2.14. The molecule has 0 saturated carbocycles. The summed E-state index contributed by atoms with van der Waals surface area (Å²) in [7, 11) is 0. The molecule has 5 heteroatoms. The second-order valence-electron chi connectivity index (χ2n) is 4.07. The molecule has 0 saturated heterocycles. The van der Waals surface area contributed by atoms with Crippen LogP contribution in [-0.2, 0) is 18.8 Å². The van der Waals surface area contributed by atoms with Crippen LogP contribution in [0.3, 0.4) is 0 Å². The molecule has 0 spiro atoms. The molecule has 0 aliphatic heterocycles. The van der Waals surface area contributed by atoms with Crippen molar-refractivity contribution in [1.29, 1.82) is 0 Å². The second kappa shape index (κ2) is 6.71. The Morgan fingerprint density at radius 3 is 2.61 bits per heavy atom. The summed E-state index contributed by atoms with van der Waals surface area (Å²) in [6.45, 7) is 2.90. The minimum absolute atomic E-state index is 0.560. The van der Waals surface area contributed by atoms with Crippen LogP contribution in [0, 0.1) is 0 Å². The first-order valence-electron chi connectivity index (χ1n) is 6.02. The molecule has 18 heavy (non-hydrogen) atoms. The zero-order chi connectivity index (χ0) is 12.8. The van der Waals surface area contributed by atoms with Gasteiger partial charge in [0.1, 0.15) is 5.82 Å². The Hall–Kier alpha value is -1.13. The van der Waals surface area contributed by atoms with E-state index in [0.29, 0.717) is 5.88 Å². The third-order valence-corrected chi connectivity index (χ3v) is 3.58. The van der Waals surface area contributed by atoms with Gasteiger partial charge in [-0.05, 0) is 17.5 Å². The fourth-order valence-corrected chi connectivity index (χ4v) is 2.36. The lowest BCUT2D eigenvalue weighted by molar-refractivity contribution is 0.861. The van der Waals surface area contributed by atoms with Gasteiger partial charge in [0.2, 0.25) is 5.13 Å². The molecule has 3 nitrogen and oxygen atoms in total. The van der Waals surface area contributed by atoms with E-state index in [4.69, 9.17) is 11.6 Å². The topological polar surface area (TPSA) is 37.8 Å². The van der Waals surface area contributed by atoms with E-state index in [9.17, 15) is 0 Å². The van der Waals surface area contributed by atoms with Gasteiger partial charge in [0.15, 0.2) is 0 Å². The SMILES string of the molecule is CCCc1nsc(NCc2ccc(CCl)cc2)n1. The average Bonchev–Trinajstić information content (AvgIpc) is 2.85. The first-order chi connectivity index (χ1) is 8.81. The zero-order valence-electron chi connectivity index (χ0n) is 10.3. The van der Waals surface area contributed by atoms with Gasteiger partial charge in [-0.25, -0.2) is 4.98 Å². The van der Waals surface area contributed by atoms with Gasteiger partial charge in [-0.1, -0.05) is 31.2 Å². The predicted octanol–water partition coefficient (Wildman–Crippen LogP) is 3.84. The first-order valence-corrected chi connectivity index (χ1v) is 7.33. The molecule has 0 radical (unpaired) electrons. The first kappa shape index (κ1) is 13.3. The van der Waals surface area contributed by atoms with Crippen molar-refractivity contribution in [2.45, 2.75) is 32.2 Å². The molecule has 0 fully saturated rings. The summed E-state index contributed by atoms with van der Waals surface area (Å²) in [5.74, 6) is 1.49. The van der Waals surface area contributed by atoms with Gasteiger partial charge in [-0.15, -0.1) is 11.6 Å².